The Balaban J connectivity index is 1.87. The van der Waals surface area contributed by atoms with Gasteiger partial charge >= 0.3 is 12.0 Å². The van der Waals surface area contributed by atoms with Crippen LogP contribution in [-0.4, -0.2) is 47.3 Å². The van der Waals surface area contributed by atoms with Crippen molar-refractivity contribution in [3.63, 3.8) is 0 Å². The van der Waals surface area contributed by atoms with Gasteiger partial charge in [0, 0.05) is 17.3 Å². The third kappa shape index (κ3) is 3.65. The summed E-state index contributed by atoms with van der Waals surface area (Å²) in [6.07, 6.45) is 2.97. The molecule has 2 heterocycles. The summed E-state index contributed by atoms with van der Waals surface area (Å²) in [6.45, 7) is 2.12. The lowest BCUT2D eigenvalue weighted by atomic mass is 10.0. The second-order valence-corrected chi connectivity index (χ2v) is 7.60. The highest BCUT2D eigenvalue weighted by Gasteiger charge is 2.35. The average molecular weight is 394 g/mol. The number of hydrogen-bond donors (Lipinski definition) is 2. The summed E-state index contributed by atoms with van der Waals surface area (Å²) in [5, 5.41) is 6.00. The third-order valence-corrected chi connectivity index (χ3v) is 6.13. The Morgan fingerprint density at radius 1 is 1.38 bits per heavy atom. The predicted octanol–water partition coefficient (Wildman–Crippen LogP) is 1.83. The molecular weight excluding hydrogens is 376 g/mol. The van der Waals surface area contributed by atoms with Crippen LogP contribution in [0.1, 0.15) is 29.7 Å². The summed E-state index contributed by atoms with van der Waals surface area (Å²) in [4.78, 5) is 45.9. The lowest BCUT2D eigenvalue weighted by Gasteiger charge is -2.11. The molecule has 0 radical (unpaired) electrons. The molecule has 0 unspecified atom stereocenters. The van der Waals surface area contributed by atoms with E-state index in [0.29, 0.717) is 18.1 Å². The van der Waals surface area contributed by atoms with Crippen molar-refractivity contribution in [2.24, 2.45) is 0 Å². The molecule has 26 heavy (non-hydrogen) atoms. The van der Waals surface area contributed by atoms with Gasteiger partial charge in [0.2, 0.25) is 5.91 Å². The number of aryl methyl sites for hydroxylation is 1. The fourth-order valence-corrected chi connectivity index (χ4v) is 4.99. The fraction of sp³-hybridized carbons (Fsp3) is 0.438. The first kappa shape index (κ1) is 18.6. The van der Waals surface area contributed by atoms with Gasteiger partial charge in [0.1, 0.15) is 16.2 Å². The van der Waals surface area contributed by atoms with Crippen molar-refractivity contribution in [2.45, 2.75) is 30.7 Å². The van der Waals surface area contributed by atoms with Crippen molar-refractivity contribution >= 4 is 51.2 Å². The van der Waals surface area contributed by atoms with E-state index < -0.39 is 11.9 Å². The highest BCUT2D eigenvalue weighted by molar-refractivity contribution is 8.00. The van der Waals surface area contributed by atoms with Crippen LogP contribution < -0.4 is 10.6 Å². The summed E-state index contributed by atoms with van der Waals surface area (Å²) >= 11 is 2.77. The van der Waals surface area contributed by atoms with E-state index in [1.807, 2.05) is 0 Å². The maximum atomic E-state index is 12.3. The first-order valence-electron chi connectivity index (χ1n) is 8.12. The molecule has 138 valence electrons. The smallest absolute Gasteiger partial charge is 0.321 e. The molecule has 0 aromatic carbocycles. The van der Waals surface area contributed by atoms with Gasteiger partial charge in [0.15, 0.2) is 0 Å². The van der Waals surface area contributed by atoms with Gasteiger partial charge in [0.05, 0.1) is 18.3 Å². The number of amides is 3. The van der Waals surface area contributed by atoms with E-state index in [1.165, 1.54) is 25.1 Å². The number of aromatic nitrogens is 2. The van der Waals surface area contributed by atoms with E-state index in [1.54, 1.807) is 18.3 Å². The lowest BCUT2D eigenvalue weighted by Crippen LogP contribution is -2.38. The second kappa shape index (κ2) is 8.00. The summed E-state index contributed by atoms with van der Waals surface area (Å²) in [5.41, 5.74) is 0.929. The van der Waals surface area contributed by atoms with Crippen LogP contribution in [0.4, 0.5) is 4.79 Å². The standard InChI is InChI=1S/C16H18N4O4S2/c1-3-24-15(22)8-4-5-9-11(8)12-13(18-7-19-14(12)26-9)25-6-10(21)20-16(23)17-2/h7-8H,3-6H2,1-2H3,(H2,17,20,21,23)/t8-/m0/s1. The van der Waals surface area contributed by atoms with Crippen molar-refractivity contribution < 1.29 is 19.1 Å². The van der Waals surface area contributed by atoms with Crippen LogP contribution in [0.15, 0.2) is 11.4 Å². The number of carbonyl (C=O) groups is 3. The molecule has 0 aliphatic heterocycles. The Kier molecular flexibility index (Phi) is 5.72. The highest BCUT2D eigenvalue weighted by Crippen LogP contribution is 2.46. The van der Waals surface area contributed by atoms with E-state index >= 15 is 0 Å². The molecule has 0 saturated heterocycles. The predicted molar refractivity (Wildman–Crippen MR) is 98.4 cm³/mol. The van der Waals surface area contributed by atoms with Crippen molar-refractivity contribution in [3.05, 3.63) is 16.8 Å². The first-order valence-corrected chi connectivity index (χ1v) is 9.92. The van der Waals surface area contributed by atoms with Gasteiger partial charge in [-0.25, -0.2) is 14.8 Å². The van der Waals surface area contributed by atoms with Gasteiger partial charge in [-0.15, -0.1) is 11.3 Å². The van der Waals surface area contributed by atoms with Crippen LogP contribution in [-0.2, 0) is 20.7 Å². The summed E-state index contributed by atoms with van der Waals surface area (Å²) in [5.74, 6) is -0.935. The number of urea groups is 1. The summed E-state index contributed by atoms with van der Waals surface area (Å²) in [6, 6.07) is -0.553. The van der Waals surface area contributed by atoms with Gasteiger partial charge in [0.25, 0.3) is 0 Å². The average Bonchev–Trinajstić information content (AvgIpc) is 3.18. The molecule has 0 bridgehead atoms. The second-order valence-electron chi connectivity index (χ2n) is 5.56. The molecule has 2 aromatic heterocycles. The Morgan fingerprint density at radius 3 is 2.92 bits per heavy atom. The molecular formula is C16H18N4O4S2. The van der Waals surface area contributed by atoms with Crippen molar-refractivity contribution in [1.29, 1.82) is 0 Å². The number of hydrogen-bond acceptors (Lipinski definition) is 8. The Morgan fingerprint density at radius 2 is 2.19 bits per heavy atom. The van der Waals surface area contributed by atoms with Crippen molar-refractivity contribution in [2.75, 3.05) is 19.4 Å². The molecule has 1 aliphatic rings. The fourth-order valence-electron chi connectivity index (χ4n) is 2.89. The van der Waals surface area contributed by atoms with Crippen LogP contribution in [0.5, 0.6) is 0 Å². The monoisotopic (exact) mass is 394 g/mol. The van der Waals surface area contributed by atoms with Crippen LogP contribution in [0.3, 0.4) is 0 Å². The van der Waals surface area contributed by atoms with Gasteiger partial charge in [-0.3, -0.25) is 14.9 Å². The highest BCUT2D eigenvalue weighted by atomic mass is 32.2. The molecule has 8 nitrogen and oxygen atoms in total. The molecule has 1 atom stereocenters. The number of nitrogens with zero attached hydrogens (tertiary/aromatic N) is 2. The van der Waals surface area contributed by atoms with E-state index in [4.69, 9.17) is 4.74 Å². The van der Waals surface area contributed by atoms with Gasteiger partial charge in [-0.05, 0) is 25.3 Å². The quantitative estimate of drug-likeness (QED) is 0.452. The molecule has 2 N–H and O–H groups in total. The zero-order chi connectivity index (χ0) is 18.7. The minimum atomic E-state index is -0.553. The molecule has 2 aromatic rings. The zero-order valence-corrected chi connectivity index (χ0v) is 16.0. The Hall–Kier alpha value is -2.20. The molecule has 0 spiro atoms. The number of thioether (sulfide) groups is 1. The topological polar surface area (TPSA) is 110 Å². The van der Waals surface area contributed by atoms with E-state index in [0.717, 1.165) is 27.1 Å². The number of fused-ring (bicyclic) bond motifs is 3. The molecule has 3 amide bonds. The van der Waals surface area contributed by atoms with Crippen LogP contribution >= 0.6 is 23.1 Å². The molecule has 0 saturated carbocycles. The largest absolute Gasteiger partial charge is 0.466 e. The van der Waals surface area contributed by atoms with Gasteiger partial charge in [-0.2, -0.15) is 0 Å². The number of carbonyl (C=O) groups excluding carboxylic acids is 3. The molecule has 0 fully saturated rings. The normalized spacial score (nSPS) is 15.5. The molecule has 3 rings (SSSR count). The first-order chi connectivity index (χ1) is 12.5. The number of thiophene rings is 1. The summed E-state index contributed by atoms with van der Waals surface area (Å²) < 4.78 is 5.20. The summed E-state index contributed by atoms with van der Waals surface area (Å²) in [7, 11) is 1.44. The minimum Gasteiger partial charge on any atom is -0.466 e. The molecule has 1 aliphatic carbocycles. The van der Waals surface area contributed by atoms with Crippen LogP contribution in [0.2, 0.25) is 0 Å². The number of nitrogens with one attached hydrogen (secondary N) is 2. The SMILES string of the molecule is CCOC(=O)[C@H]1CCc2sc3ncnc(SCC(=O)NC(=O)NC)c3c21. The van der Waals surface area contributed by atoms with Crippen molar-refractivity contribution in [1.82, 2.24) is 20.6 Å². The minimum absolute atomic E-state index is 0.0359. The molecule has 10 heteroatoms. The van der Waals surface area contributed by atoms with Gasteiger partial charge in [-0.1, -0.05) is 11.8 Å². The Labute approximate surface area is 158 Å². The third-order valence-electron chi connectivity index (χ3n) is 3.97. The number of esters is 1. The lowest BCUT2D eigenvalue weighted by molar-refractivity contribution is -0.144. The number of imide groups is 1. The van der Waals surface area contributed by atoms with Crippen molar-refractivity contribution in [3.8, 4) is 0 Å². The van der Waals surface area contributed by atoms with E-state index in [2.05, 4.69) is 20.6 Å². The van der Waals surface area contributed by atoms with E-state index in [-0.39, 0.29) is 17.6 Å². The number of rotatable bonds is 5. The Bertz CT molecular complexity index is 867. The zero-order valence-electron chi connectivity index (χ0n) is 14.3. The maximum absolute atomic E-state index is 12.3. The van der Waals surface area contributed by atoms with E-state index in [9.17, 15) is 14.4 Å². The van der Waals surface area contributed by atoms with Gasteiger partial charge < -0.3 is 10.1 Å². The number of ether oxygens (including phenoxy) is 1. The van der Waals surface area contributed by atoms with Crippen LogP contribution in [0.25, 0.3) is 10.2 Å². The van der Waals surface area contributed by atoms with Crippen LogP contribution in [0, 0.1) is 0 Å². The maximum Gasteiger partial charge on any atom is 0.321 e.